The van der Waals surface area contributed by atoms with Crippen LogP contribution in [0.5, 0.6) is 0 Å². The molecular formula is C13H23ClN4O. The Bertz CT molecular complexity index is 411. The van der Waals surface area contributed by atoms with Gasteiger partial charge in [-0.15, -0.1) is 12.4 Å². The fourth-order valence-electron chi connectivity index (χ4n) is 2.57. The number of aromatic nitrogens is 2. The van der Waals surface area contributed by atoms with Gasteiger partial charge in [0.15, 0.2) is 5.69 Å². The Morgan fingerprint density at radius 1 is 1.53 bits per heavy atom. The number of rotatable bonds is 3. The average Bonchev–Trinajstić information content (AvgIpc) is 2.70. The number of aryl methyl sites for hydroxylation is 2. The highest BCUT2D eigenvalue weighted by atomic mass is 35.5. The standard InChI is InChI=1S/C13H22N4O.ClH/c1-10-9-12(15-16(10)2)13(18)17-8-4-3-5-11(17)6-7-14;/h9,11H,3-8,14H2,1-2H3;1H. The number of hydrogen-bond donors (Lipinski definition) is 1. The molecule has 108 valence electrons. The lowest BCUT2D eigenvalue weighted by Gasteiger charge is -2.35. The average molecular weight is 287 g/mol. The quantitative estimate of drug-likeness (QED) is 0.916. The molecule has 1 aliphatic heterocycles. The minimum atomic E-state index is 0. The van der Waals surface area contributed by atoms with Gasteiger partial charge in [-0.1, -0.05) is 0 Å². The van der Waals surface area contributed by atoms with Gasteiger partial charge in [0.1, 0.15) is 0 Å². The predicted molar refractivity (Wildman–Crippen MR) is 77.5 cm³/mol. The van der Waals surface area contributed by atoms with Crippen molar-refractivity contribution in [2.75, 3.05) is 13.1 Å². The Morgan fingerprint density at radius 3 is 2.84 bits per heavy atom. The third-order valence-corrected chi connectivity index (χ3v) is 3.72. The van der Waals surface area contributed by atoms with Crippen molar-refractivity contribution in [1.29, 1.82) is 0 Å². The van der Waals surface area contributed by atoms with Crippen molar-refractivity contribution in [1.82, 2.24) is 14.7 Å². The van der Waals surface area contributed by atoms with Crippen molar-refractivity contribution in [3.8, 4) is 0 Å². The van der Waals surface area contributed by atoms with Crippen molar-refractivity contribution in [2.45, 2.75) is 38.6 Å². The van der Waals surface area contributed by atoms with Crippen molar-refractivity contribution >= 4 is 18.3 Å². The van der Waals surface area contributed by atoms with E-state index in [0.717, 1.165) is 31.5 Å². The summed E-state index contributed by atoms with van der Waals surface area (Å²) < 4.78 is 1.75. The van der Waals surface area contributed by atoms with Gasteiger partial charge in [0, 0.05) is 25.3 Å². The molecule has 1 aromatic rings. The van der Waals surface area contributed by atoms with Crippen LogP contribution in [0.1, 0.15) is 41.9 Å². The van der Waals surface area contributed by atoms with E-state index in [1.807, 2.05) is 24.9 Å². The van der Waals surface area contributed by atoms with E-state index in [4.69, 9.17) is 5.73 Å². The topological polar surface area (TPSA) is 64.2 Å². The first kappa shape index (κ1) is 16.0. The van der Waals surface area contributed by atoms with Crippen molar-refractivity contribution in [3.05, 3.63) is 17.5 Å². The van der Waals surface area contributed by atoms with Gasteiger partial charge in [-0.3, -0.25) is 9.48 Å². The lowest BCUT2D eigenvalue weighted by atomic mass is 9.99. The second-order valence-corrected chi connectivity index (χ2v) is 5.02. The summed E-state index contributed by atoms with van der Waals surface area (Å²) in [6.07, 6.45) is 4.22. The van der Waals surface area contributed by atoms with Crippen LogP contribution in [-0.2, 0) is 7.05 Å². The van der Waals surface area contributed by atoms with E-state index in [2.05, 4.69) is 5.10 Å². The highest BCUT2D eigenvalue weighted by molar-refractivity contribution is 5.92. The summed E-state index contributed by atoms with van der Waals surface area (Å²) in [6, 6.07) is 2.15. The monoisotopic (exact) mass is 286 g/mol. The molecule has 0 bridgehead atoms. The van der Waals surface area contributed by atoms with Crippen molar-refractivity contribution < 1.29 is 4.79 Å². The molecule has 6 heteroatoms. The Hall–Kier alpha value is -1.07. The van der Waals surface area contributed by atoms with Crippen LogP contribution in [-0.4, -0.2) is 39.7 Å². The molecule has 5 nitrogen and oxygen atoms in total. The molecule has 0 aromatic carbocycles. The summed E-state index contributed by atoms with van der Waals surface area (Å²) in [5, 5.41) is 4.27. The Morgan fingerprint density at radius 2 is 2.26 bits per heavy atom. The van der Waals surface area contributed by atoms with Gasteiger partial charge in [-0.2, -0.15) is 5.10 Å². The summed E-state index contributed by atoms with van der Waals surface area (Å²) in [5.74, 6) is 0.0526. The molecule has 1 fully saturated rings. The van der Waals surface area contributed by atoms with E-state index in [-0.39, 0.29) is 18.3 Å². The second-order valence-electron chi connectivity index (χ2n) is 5.02. The third kappa shape index (κ3) is 3.48. The summed E-state index contributed by atoms with van der Waals surface area (Å²) in [7, 11) is 1.86. The molecule has 0 saturated carbocycles. The van der Waals surface area contributed by atoms with Crippen LogP contribution in [0.3, 0.4) is 0 Å². The number of carbonyl (C=O) groups excluding carboxylic acids is 1. The van der Waals surface area contributed by atoms with Crippen LogP contribution < -0.4 is 5.73 Å². The maximum atomic E-state index is 12.5. The number of nitrogens with zero attached hydrogens (tertiary/aromatic N) is 3. The molecule has 1 saturated heterocycles. The van der Waals surface area contributed by atoms with Crippen molar-refractivity contribution in [3.63, 3.8) is 0 Å². The van der Waals surface area contributed by atoms with Crippen molar-refractivity contribution in [2.24, 2.45) is 12.8 Å². The molecular weight excluding hydrogens is 264 g/mol. The summed E-state index contributed by atoms with van der Waals surface area (Å²) >= 11 is 0. The zero-order chi connectivity index (χ0) is 13.1. The second kappa shape index (κ2) is 6.91. The van der Waals surface area contributed by atoms with Crippen LogP contribution in [0, 0.1) is 6.92 Å². The fourth-order valence-corrected chi connectivity index (χ4v) is 2.57. The van der Waals surface area contributed by atoms with E-state index in [0.29, 0.717) is 18.3 Å². The molecule has 0 aliphatic carbocycles. The van der Waals surface area contributed by atoms with E-state index < -0.39 is 0 Å². The van der Waals surface area contributed by atoms with Gasteiger partial charge < -0.3 is 10.6 Å². The van der Waals surface area contributed by atoms with Crippen LogP contribution in [0.2, 0.25) is 0 Å². The SMILES string of the molecule is Cc1cc(C(=O)N2CCCCC2CCN)nn1C.Cl. The first-order chi connectivity index (χ1) is 8.63. The third-order valence-electron chi connectivity index (χ3n) is 3.72. The van der Waals surface area contributed by atoms with Gasteiger partial charge in [0.05, 0.1) is 0 Å². The molecule has 2 heterocycles. The van der Waals surface area contributed by atoms with Crippen LogP contribution in [0.4, 0.5) is 0 Å². The predicted octanol–water partition coefficient (Wildman–Crippen LogP) is 1.49. The van der Waals surface area contributed by atoms with Crippen LogP contribution in [0.15, 0.2) is 6.07 Å². The minimum absolute atomic E-state index is 0. The summed E-state index contributed by atoms with van der Waals surface area (Å²) in [5.41, 5.74) is 7.19. The smallest absolute Gasteiger partial charge is 0.274 e. The lowest BCUT2D eigenvalue weighted by molar-refractivity contribution is 0.0598. The number of amides is 1. The van der Waals surface area contributed by atoms with Gasteiger partial charge in [0.25, 0.3) is 5.91 Å². The number of carbonyl (C=O) groups is 1. The number of halogens is 1. The molecule has 1 aliphatic rings. The lowest BCUT2D eigenvalue weighted by Crippen LogP contribution is -2.44. The summed E-state index contributed by atoms with van der Waals surface area (Å²) in [6.45, 7) is 3.42. The molecule has 0 spiro atoms. The zero-order valence-electron chi connectivity index (χ0n) is 11.6. The number of nitrogens with two attached hydrogens (primary N) is 1. The highest BCUT2D eigenvalue weighted by Crippen LogP contribution is 2.21. The van der Waals surface area contributed by atoms with Gasteiger partial charge in [-0.25, -0.2) is 0 Å². The number of piperidine rings is 1. The normalized spacial score (nSPS) is 19.1. The van der Waals surface area contributed by atoms with Gasteiger partial charge >= 0.3 is 0 Å². The molecule has 1 unspecified atom stereocenters. The van der Waals surface area contributed by atoms with E-state index in [1.54, 1.807) is 4.68 Å². The number of likely N-dealkylation sites (tertiary alicyclic amines) is 1. The Kier molecular flexibility index (Phi) is 5.82. The summed E-state index contributed by atoms with van der Waals surface area (Å²) in [4.78, 5) is 14.4. The molecule has 2 N–H and O–H groups in total. The van der Waals surface area contributed by atoms with E-state index in [9.17, 15) is 4.79 Å². The van der Waals surface area contributed by atoms with Crippen LogP contribution in [0.25, 0.3) is 0 Å². The van der Waals surface area contributed by atoms with Gasteiger partial charge in [-0.05, 0) is 45.2 Å². The molecule has 2 rings (SSSR count). The molecule has 1 amide bonds. The Balaban J connectivity index is 0.00000180. The molecule has 1 atom stereocenters. The first-order valence-corrected chi connectivity index (χ1v) is 6.65. The molecule has 19 heavy (non-hydrogen) atoms. The minimum Gasteiger partial charge on any atom is -0.334 e. The first-order valence-electron chi connectivity index (χ1n) is 6.65. The van der Waals surface area contributed by atoms with E-state index >= 15 is 0 Å². The zero-order valence-corrected chi connectivity index (χ0v) is 12.4. The van der Waals surface area contributed by atoms with E-state index in [1.165, 1.54) is 6.42 Å². The molecule has 0 radical (unpaired) electrons. The fraction of sp³-hybridized carbons (Fsp3) is 0.692. The largest absolute Gasteiger partial charge is 0.334 e. The van der Waals surface area contributed by atoms with Crippen LogP contribution >= 0.6 is 12.4 Å². The number of hydrogen-bond acceptors (Lipinski definition) is 3. The highest BCUT2D eigenvalue weighted by Gasteiger charge is 2.28. The maximum absolute atomic E-state index is 12.5. The maximum Gasteiger partial charge on any atom is 0.274 e. The van der Waals surface area contributed by atoms with Gasteiger partial charge in [0.2, 0.25) is 0 Å². The molecule has 1 aromatic heterocycles. The Labute approximate surface area is 120 Å².